The van der Waals surface area contributed by atoms with E-state index in [9.17, 15) is 14.3 Å². The highest BCUT2D eigenvalue weighted by Crippen LogP contribution is 2.26. The molecule has 0 saturated carbocycles. The molecule has 2 heterocycles. The Morgan fingerprint density at radius 1 is 1.43 bits per heavy atom. The summed E-state index contributed by atoms with van der Waals surface area (Å²) < 4.78 is 13.1. The highest BCUT2D eigenvalue weighted by Gasteiger charge is 2.29. The number of carbonyl (C=O) groups excluding carboxylic acids is 1. The number of aliphatic hydroxyl groups excluding tert-OH is 1. The normalized spacial score (nSPS) is 17.7. The summed E-state index contributed by atoms with van der Waals surface area (Å²) in [6.45, 7) is 2.56. The Hall–Kier alpha value is -2.21. The van der Waals surface area contributed by atoms with Crippen molar-refractivity contribution in [2.45, 2.75) is 32.2 Å². The molecule has 1 saturated heterocycles. The van der Waals surface area contributed by atoms with E-state index >= 15 is 0 Å². The number of benzene rings is 1. The van der Waals surface area contributed by atoms with Gasteiger partial charge in [-0.2, -0.15) is 5.10 Å². The molecule has 0 aliphatic carbocycles. The lowest BCUT2D eigenvalue weighted by molar-refractivity contribution is -0.132. The van der Waals surface area contributed by atoms with Crippen LogP contribution in [0.25, 0.3) is 11.3 Å². The van der Waals surface area contributed by atoms with E-state index in [0.717, 1.165) is 29.7 Å². The molecule has 3 rings (SSSR count). The van der Waals surface area contributed by atoms with Crippen molar-refractivity contribution in [2.75, 3.05) is 13.2 Å². The number of H-pyrrole nitrogens is 1. The van der Waals surface area contributed by atoms with Crippen LogP contribution in [0.4, 0.5) is 4.39 Å². The number of carbonyl (C=O) groups is 1. The zero-order valence-corrected chi connectivity index (χ0v) is 13.1. The van der Waals surface area contributed by atoms with Crippen molar-refractivity contribution in [1.29, 1.82) is 0 Å². The van der Waals surface area contributed by atoms with Crippen LogP contribution in [0.3, 0.4) is 0 Å². The minimum atomic E-state index is -0.304. The van der Waals surface area contributed by atoms with Gasteiger partial charge >= 0.3 is 0 Å². The third kappa shape index (κ3) is 3.12. The number of halogens is 1. The standard InChI is InChI=1S/C17H20FN3O2/c1-11-15(9-16(23)21-8-2-3-14(21)10-22)17(20-19-11)12-4-6-13(18)7-5-12/h4-7,14,22H,2-3,8-10H2,1H3,(H,19,20)/t14-/m1/s1. The molecule has 2 aromatic rings. The van der Waals surface area contributed by atoms with Gasteiger partial charge in [0, 0.05) is 23.4 Å². The third-order valence-electron chi connectivity index (χ3n) is 4.43. The number of likely N-dealkylation sites (tertiary alicyclic amines) is 1. The molecule has 5 nitrogen and oxygen atoms in total. The van der Waals surface area contributed by atoms with Gasteiger partial charge in [-0.3, -0.25) is 9.89 Å². The van der Waals surface area contributed by atoms with Gasteiger partial charge in [0.1, 0.15) is 5.82 Å². The van der Waals surface area contributed by atoms with Crippen molar-refractivity contribution >= 4 is 5.91 Å². The van der Waals surface area contributed by atoms with E-state index < -0.39 is 0 Å². The van der Waals surface area contributed by atoms with Crippen LogP contribution in [0.15, 0.2) is 24.3 Å². The number of aromatic amines is 1. The average Bonchev–Trinajstić information content (AvgIpc) is 3.16. The number of nitrogens with zero attached hydrogens (tertiary/aromatic N) is 2. The molecule has 1 aromatic carbocycles. The molecular formula is C17H20FN3O2. The van der Waals surface area contributed by atoms with Crippen LogP contribution in [0.5, 0.6) is 0 Å². The number of rotatable bonds is 4. The van der Waals surface area contributed by atoms with Gasteiger partial charge in [-0.1, -0.05) is 0 Å². The van der Waals surface area contributed by atoms with Crippen molar-refractivity contribution in [3.05, 3.63) is 41.3 Å². The lowest BCUT2D eigenvalue weighted by Gasteiger charge is -2.23. The highest BCUT2D eigenvalue weighted by molar-refractivity contribution is 5.82. The third-order valence-corrected chi connectivity index (χ3v) is 4.43. The zero-order chi connectivity index (χ0) is 16.4. The average molecular weight is 317 g/mol. The van der Waals surface area contributed by atoms with Gasteiger partial charge in [-0.05, 0) is 44.0 Å². The fraction of sp³-hybridized carbons (Fsp3) is 0.412. The number of aryl methyl sites for hydroxylation is 1. The smallest absolute Gasteiger partial charge is 0.227 e. The first kappa shape index (κ1) is 15.7. The number of aromatic nitrogens is 2. The molecule has 0 spiro atoms. The monoisotopic (exact) mass is 317 g/mol. The van der Waals surface area contributed by atoms with Gasteiger partial charge in [0.25, 0.3) is 0 Å². The molecule has 1 aliphatic rings. The lowest BCUT2D eigenvalue weighted by Crippen LogP contribution is -2.38. The number of amides is 1. The van der Waals surface area contributed by atoms with Gasteiger partial charge in [0.05, 0.1) is 24.8 Å². The fourth-order valence-corrected chi connectivity index (χ4v) is 3.12. The molecule has 6 heteroatoms. The summed E-state index contributed by atoms with van der Waals surface area (Å²) in [5.41, 5.74) is 3.11. The van der Waals surface area contributed by atoms with Crippen LogP contribution in [-0.4, -0.2) is 45.3 Å². The van der Waals surface area contributed by atoms with E-state index in [1.54, 1.807) is 17.0 Å². The Labute approximate surface area is 134 Å². The summed E-state index contributed by atoms with van der Waals surface area (Å²) in [4.78, 5) is 14.3. The maximum absolute atomic E-state index is 13.1. The Morgan fingerprint density at radius 2 is 2.17 bits per heavy atom. The molecule has 23 heavy (non-hydrogen) atoms. The van der Waals surface area contributed by atoms with Crippen molar-refractivity contribution in [2.24, 2.45) is 0 Å². The lowest BCUT2D eigenvalue weighted by atomic mass is 10.0. The molecule has 1 atom stereocenters. The first-order valence-electron chi connectivity index (χ1n) is 7.80. The second-order valence-corrected chi connectivity index (χ2v) is 5.93. The van der Waals surface area contributed by atoms with Crippen LogP contribution in [0.2, 0.25) is 0 Å². The van der Waals surface area contributed by atoms with E-state index in [1.165, 1.54) is 12.1 Å². The number of hydrogen-bond acceptors (Lipinski definition) is 3. The van der Waals surface area contributed by atoms with Gasteiger partial charge < -0.3 is 10.0 Å². The second-order valence-electron chi connectivity index (χ2n) is 5.93. The summed E-state index contributed by atoms with van der Waals surface area (Å²) in [6.07, 6.45) is 2.00. The number of nitrogens with one attached hydrogen (secondary N) is 1. The van der Waals surface area contributed by atoms with E-state index in [2.05, 4.69) is 10.2 Å². The predicted molar refractivity (Wildman–Crippen MR) is 84.2 cm³/mol. The van der Waals surface area contributed by atoms with Crippen LogP contribution >= 0.6 is 0 Å². The molecule has 122 valence electrons. The van der Waals surface area contributed by atoms with Gasteiger partial charge in [0.15, 0.2) is 0 Å². The quantitative estimate of drug-likeness (QED) is 0.907. The van der Waals surface area contributed by atoms with Crippen molar-refractivity contribution in [1.82, 2.24) is 15.1 Å². The second kappa shape index (κ2) is 6.50. The Bertz CT molecular complexity index is 696. The van der Waals surface area contributed by atoms with E-state index in [4.69, 9.17) is 0 Å². The van der Waals surface area contributed by atoms with E-state index in [-0.39, 0.29) is 30.8 Å². The van der Waals surface area contributed by atoms with Crippen LogP contribution in [0, 0.1) is 12.7 Å². The summed E-state index contributed by atoms with van der Waals surface area (Å²) >= 11 is 0. The first-order valence-corrected chi connectivity index (χ1v) is 7.80. The highest BCUT2D eigenvalue weighted by atomic mass is 19.1. The van der Waals surface area contributed by atoms with E-state index in [1.807, 2.05) is 6.92 Å². The Kier molecular flexibility index (Phi) is 4.43. The van der Waals surface area contributed by atoms with Crippen molar-refractivity contribution in [3.63, 3.8) is 0 Å². The largest absolute Gasteiger partial charge is 0.394 e. The van der Waals surface area contributed by atoms with Crippen molar-refractivity contribution < 1.29 is 14.3 Å². The first-order chi connectivity index (χ1) is 11.1. The number of hydrogen-bond donors (Lipinski definition) is 2. The fourth-order valence-electron chi connectivity index (χ4n) is 3.12. The summed E-state index contributed by atoms with van der Waals surface area (Å²) in [5.74, 6) is -0.309. The van der Waals surface area contributed by atoms with Crippen molar-refractivity contribution in [3.8, 4) is 11.3 Å². The van der Waals surface area contributed by atoms with Gasteiger partial charge in [-0.25, -0.2) is 4.39 Å². The molecule has 2 N–H and O–H groups in total. The SMILES string of the molecule is Cc1[nH]nc(-c2ccc(F)cc2)c1CC(=O)N1CCC[C@@H]1CO. The zero-order valence-electron chi connectivity index (χ0n) is 13.1. The van der Waals surface area contributed by atoms with Gasteiger partial charge in [-0.15, -0.1) is 0 Å². The molecule has 0 radical (unpaired) electrons. The Morgan fingerprint density at radius 3 is 2.87 bits per heavy atom. The number of aliphatic hydroxyl groups is 1. The molecular weight excluding hydrogens is 297 g/mol. The maximum atomic E-state index is 13.1. The molecule has 1 aliphatic heterocycles. The van der Waals surface area contributed by atoms with Crippen LogP contribution in [0.1, 0.15) is 24.1 Å². The van der Waals surface area contributed by atoms with Gasteiger partial charge in [0.2, 0.25) is 5.91 Å². The molecule has 1 fully saturated rings. The predicted octanol–water partition coefficient (Wildman–Crippen LogP) is 2.05. The summed E-state index contributed by atoms with van der Waals surface area (Å²) in [6, 6.07) is 6.00. The minimum Gasteiger partial charge on any atom is -0.394 e. The van der Waals surface area contributed by atoms with Crippen LogP contribution in [-0.2, 0) is 11.2 Å². The molecule has 0 unspecified atom stereocenters. The van der Waals surface area contributed by atoms with E-state index in [0.29, 0.717) is 12.2 Å². The summed E-state index contributed by atoms with van der Waals surface area (Å²) in [5, 5.41) is 16.6. The summed E-state index contributed by atoms with van der Waals surface area (Å²) in [7, 11) is 0. The molecule has 0 bridgehead atoms. The molecule has 1 amide bonds. The topological polar surface area (TPSA) is 69.2 Å². The maximum Gasteiger partial charge on any atom is 0.227 e. The van der Waals surface area contributed by atoms with Crippen LogP contribution < -0.4 is 0 Å². The molecule has 1 aromatic heterocycles. The Balaban J connectivity index is 1.84. The minimum absolute atomic E-state index is 0.000921.